The van der Waals surface area contributed by atoms with Crippen LogP contribution in [0.2, 0.25) is 0 Å². The Morgan fingerprint density at radius 3 is 1.57 bits per heavy atom. The molecule has 4 aromatic rings. The van der Waals surface area contributed by atoms with Crippen LogP contribution >= 0.6 is 7.26 Å². The Morgan fingerprint density at radius 2 is 1.00 bits per heavy atom. The fourth-order valence-electron chi connectivity index (χ4n) is 3.78. The summed E-state index contributed by atoms with van der Waals surface area (Å²) in [5, 5.41) is 4.04. The fraction of sp³-hybridized carbons (Fsp3) is 0.0769. The van der Waals surface area contributed by atoms with Gasteiger partial charge in [-0.2, -0.15) is 0 Å². The SMILES string of the molecule is Cc1ccccc1Oc1ccccc1[PH](C)(c1ccccc1)c1ccccc1. The normalized spacial score (nSPS) is 11.8. The quantitative estimate of drug-likeness (QED) is 0.416. The van der Waals surface area contributed by atoms with E-state index in [-0.39, 0.29) is 0 Å². The second-order valence-electron chi connectivity index (χ2n) is 7.22. The van der Waals surface area contributed by atoms with Crippen LogP contribution in [0.5, 0.6) is 11.5 Å². The van der Waals surface area contributed by atoms with Gasteiger partial charge in [-0.25, -0.2) is 0 Å². The molecule has 0 N–H and O–H groups in total. The summed E-state index contributed by atoms with van der Waals surface area (Å²) in [5.74, 6) is 1.85. The number of hydrogen-bond acceptors (Lipinski definition) is 1. The van der Waals surface area contributed by atoms with Gasteiger partial charge in [0.15, 0.2) is 0 Å². The number of para-hydroxylation sites is 2. The van der Waals surface area contributed by atoms with Crippen LogP contribution < -0.4 is 20.7 Å². The molecule has 0 spiro atoms. The van der Waals surface area contributed by atoms with E-state index < -0.39 is 7.26 Å². The van der Waals surface area contributed by atoms with Crippen molar-refractivity contribution in [3.63, 3.8) is 0 Å². The fourth-order valence-corrected chi connectivity index (χ4v) is 7.51. The predicted octanol–water partition coefficient (Wildman–Crippen LogP) is 5.44. The van der Waals surface area contributed by atoms with Crippen molar-refractivity contribution in [2.24, 2.45) is 0 Å². The second kappa shape index (κ2) is 8.00. The van der Waals surface area contributed by atoms with E-state index in [4.69, 9.17) is 4.74 Å². The molecular weight excluding hydrogens is 359 g/mol. The van der Waals surface area contributed by atoms with Crippen LogP contribution in [-0.2, 0) is 0 Å². The van der Waals surface area contributed by atoms with Gasteiger partial charge in [-0.3, -0.25) is 0 Å². The zero-order chi connectivity index (χ0) is 19.4. The molecule has 28 heavy (non-hydrogen) atoms. The average Bonchev–Trinajstić information content (AvgIpc) is 2.76. The minimum absolute atomic E-state index is 0.910. The monoisotopic (exact) mass is 384 g/mol. The second-order valence-corrected chi connectivity index (χ2v) is 11.2. The summed E-state index contributed by atoms with van der Waals surface area (Å²) in [6, 6.07) is 38.4. The number of aryl methyl sites for hydroxylation is 1. The summed E-state index contributed by atoms with van der Waals surface area (Å²) in [4.78, 5) is 0. The molecule has 1 nitrogen and oxygen atoms in total. The molecule has 0 saturated heterocycles. The molecule has 0 aromatic heterocycles. The molecule has 0 aliphatic rings. The molecule has 0 bridgehead atoms. The molecule has 0 amide bonds. The molecule has 0 radical (unpaired) electrons. The maximum atomic E-state index is 6.46. The zero-order valence-electron chi connectivity index (χ0n) is 16.3. The van der Waals surface area contributed by atoms with E-state index in [0.717, 1.165) is 17.1 Å². The molecule has 4 aromatic carbocycles. The van der Waals surface area contributed by atoms with Crippen LogP contribution in [-0.4, -0.2) is 6.66 Å². The summed E-state index contributed by atoms with van der Waals surface area (Å²) in [6.07, 6.45) is 0. The van der Waals surface area contributed by atoms with Gasteiger partial charge in [0.2, 0.25) is 0 Å². The number of ether oxygens (including phenoxy) is 1. The Morgan fingerprint density at radius 1 is 0.536 bits per heavy atom. The van der Waals surface area contributed by atoms with Gasteiger partial charge in [0.1, 0.15) is 0 Å². The van der Waals surface area contributed by atoms with Gasteiger partial charge in [-0.1, -0.05) is 0 Å². The molecule has 0 aliphatic heterocycles. The molecule has 2 heteroatoms. The third-order valence-electron chi connectivity index (χ3n) is 5.44. The first-order chi connectivity index (χ1) is 13.7. The summed E-state index contributed by atoms with van der Waals surface area (Å²) in [5.41, 5.74) is 1.14. The van der Waals surface area contributed by atoms with Crippen molar-refractivity contribution in [3.05, 3.63) is 115 Å². The van der Waals surface area contributed by atoms with Gasteiger partial charge in [-0.15, -0.1) is 0 Å². The zero-order valence-corrected chi connectivity index (χ0v) is 17.3. The molecule has 140 valence electrons. The number of rotatable bonds is 5. The van der Waals surface area contributed by atoms with Crippen molar-refractivity contribution in [1.82, 2.24) is 0 Å². The molecule has 0 atom stereocenters. The van der Waals surface area contributed by atoms with Crippen molar-refractivity contribution in [1.29, 1.82) is 0 Å². The van der Waals surface area contributed by atoms with Crippen molar-refractivity contribution in [2.75, 3.05) is 6.66 Å². The van der Waals surface area contributed by atoms with E-state index in [1.165, 1.54) is 15.9 Å². The first kappa shape index (κ1) is 18.5. The molecular formula is C26H25OP. The molecule has 0 unspecified atom stereocenters. The Kier molecular flexibility index (Phi) is 5.28. The van der Waals surface area contributed by atoms with E-state index >= 15 is 0 Å². The van der Waals surface area contributed by atoms with Crippen molar-refractivity contribution < 1.29 is 4.74 Å². The van der Waals surface area contributed by atoms with Crippen molar-refractivity contribution >= 4 is 23.2 Å². The van der Waals surface area contributed by atoms with Gasteiger partial charge >= 0.3 is 168 Å². The standard InChI is InChI=1S/C26H25OP/c1-21-13-9-10-18-24(21)27-25-19-11-12-20-26(25)28(2,22-14-5-3-6-15-22)23-16-7-4-8-17-23/h3-20,28H,1-2H3. The van der Waals surface area contributed by atoms with Crippen molar-refractivity contribution in [2.45, 2.75) is 6.92 Å². The van der Waals surface area contributed by atoms with Crippen LogP contribution in [0.1, 0.15) is 5.56 Å². The van der Waals surface area contributed by atoms with Crippen molar-refractivity contribution in [3.8, 4) is 11.5 Å². The Bertz CT molecular complexity index is 1020. The van der Waals surface area contributed by atoms with Gasteiger partial charge < -0.3 is 0 Å². The van der Waals surface area contributed by atoms with E-state index in [9.17, 15) is 0 Å². The van der Waals surface area contributed by atoms with Gasteiger partial charge in [0.05, 0.1) is 0 Å². The summed E-state index contributed by atoms with van der Waals surface area (Å²) < 4.78 is 6.46. The Hall–Kier alpha value is -2.89. The maximum absolute atomic E-state index is 6.46. The van der Waals surface area contributed by atoms with Gasteiger partial charge in [-0.05, 0) is 0 Å². The third kappa shape index (κ3) is 3.46. The van der Waals surface area contributed by atoms with E-state index in [1.54, 1.807) is 0 Å². The predicted molar refractivity (Wildman–Crippen MR) is 124 cm³/mol. The Balaban J connectivity index is 1.90. The Labute approximate surface area is 168 Å². The number of hydrogen-bond donors (Lipinski definition) is 0. The summed E-state index contributed by atoms with van der Waals surface area (Å²) in [6.45, 7) is 4.50. The van der Waals surface area contributed by atoms with Gasteiger partial charge in [0.25, 0.3) is 0 Å². The first-order valence-corrected chi connectivity index (χ1v) is 12.1. The van der Waals surface area contributed by atoms with Crippen LogP contribution in [0, 0.1) is 6.92 Å². The topological polar surface area (TPSA) is 9.23 Å². The molecule has 0 saturated carbocycles. The van der Waals surface area contributed by atoms with Crippen LogP contribution in [0.15, 0.2) is 109 Å². The van der Waals surface area contributed by atoms with Crippen LogP contribution in [0.25, 0.3) is 0 Å². The third-order valence-corrected chi connectivity index (χ3v) is 9.91. The van der Waals surface area contributed by atoms with Crippen LogP contribution in [0.3, 0.4) is 0 Å². The van der Waals surface area contributed by atoms with E-state index in [1.807, 2.05) is 18.2 Å². The van der Waals surface area contributed by atoms with Crippen LogP contribution in [0.4, 0.5) is 0 Å². The molecule has 0 heterocycles. The van der Waals surface area contributed by atoms with E-state index in [2.05, 4.69) is 105 Å². The van der Waals surface area contributed by atoms with Gasteiger partial charge in [0, 0.05) is 0 Å². The van der Waals surface area contributed by atoms with E-state index in [0.29, 0.717) is 0 Å². The summed E-state index contributed by atoms with van der Waals surface area (Å²) in [7, 11) is -2.22. The average molecular weight is 384 g/mol. The number of benzene rings is 4. The minimum atomic E-state index is -2.22. The molecule has 0 fully saturated rings. The first-order valence-electron chi connectivity index (χ1n) is 9.63. The molecule has 0 aliphatic carbocycles. The molecule has 4 rings (SSSR count). The summed E-state index contributed by atoms with van der Waals surface area (Å²) >= 11 is 0.